The van der Waals surface area contributed by atoms with Crippen LogP contribution in [0.15, 0.2) is 77.3 Å². The highest BCUT2D eigenvalue weighted by Crippen LogP contribution is 2.37. The van der Waals surface area contributed by atoms with Crippen molar-refractivity contribution in [2.45, 2.75) is 26.6 Å². The molecule has 0 radical (unpaired) electrons. The minimum Gasteiger partial charge on any atom is -0.493 e. The lowest BCUT2D eigenvalue weighted by molar-refractivity contribution is -0.111. The van der Waals surface area contributed by atoms with Gasteiger partial charge in [0.25, 0.3) is 0 Å². The molecule has 3 rings (SSSR count). The van der Waals surface area contributed by atoms with Crippen LogP contribution in [0.3, 0.4) is 0 Å². The molecule has 1 amide bonds. The molecule has 0 saturated carbocycles. The van der Waals surface area contributed by atoms with Gasteiger partial charge in [0.15, 0.2) is 11.5 Å². The molecule has 0 spiro atoms. The highest BCUT2D eigenvalue weighted by atomic mass is 79.9. The number of hydrogen-bond acceptors (Lipinski definition) is 5. The van der Waals surface area contributed by atoms with E-state index in [4.69, 9.17) is 14.2 Å². The SMILES string of the molecule is COc1cc(C=CC(=O)Nc2ccc(C(=O)OC(C)C)cc2)cc(Br)c1OCc1ccccc1. The van der Waals surface area contributed by atoms with E-state index in [-0.39, 0.29) is 12.0 Å². The summed E-state index contributed by atoms with van der Waals surface area (Å²) in [5, 5.41) is 2.77. The topological polar surface area (TPSA) is 73.9 Å². The molecule has 6 nitrogen and oxygen atoms in total. The summed E-state index contributed by atoms with van der Waals surface area (Å²) in [7, 11) is 1.57. The first-order valence-corrected chi connectivity index (χ1v) is 11.5. The van der Waals surface area contributed by atoms with Crippen molar-refractivity contribution < 1.29 is 23.8 Å². The van der Waals surface area contributed by atoms with Gasteiger partial charge in [-0.25, -0.2) is 4.79 Å². The lowest BCUT2D eigenvalue weighted by atomic mass is 10.1. The van der Waals surface area contributed by atoms with Gasteiger partial charge in [0, 0.05) is 11.8 Å². The van der Waals surface area contributed by atoms with Crippen LogP contribution in [0.25, 0.3) is 6.08 Å². The second kappa shape index (κ2) is 12.0. The Morgan fingerprint density at radius 2 is 1.74 bits per heavy atom. The summed E-state index contributed by atoms with van der Waals surface area (Å²) in [5.74, 6) is 0.429. The Kier molecular flexibility index (Phi) is 8.87. The smallest absolute Gasteiger partial charge is 0.338 e. The summed E-state index contributed by atoms with van der Waals surface area (Å²) >= 11 is 3.53. The molecule has 0 aliphatic heterocycles. The van der Waals surface area contributed by atoms with Crippen LogP contribution in [0.2, 0.25) is 0 Å². The Balaban J connectivity index is 1.63. The van der Waals surface area contributed by atoms with Crippen LogP contribution < -0.4 is 14.8 Å². The Labute approximate surface area is 207 Å². The van der Waals surface area contributed by atoms with Crippen molar-refractivity contribution in [2.24, 2.45) is 0 Å². The number of esters is 1. The number of nitrogens with one attached hydrogen (secondary N) is 1. The average Bonchev–Trinajstić information content (AvgIpc) is 2.82. The summed E-state index contributed by atoms with van der Waals surface area (Å²) in [6.45, 7) is 3.98. The highest BCUT2D eigenvalue weighted by molar-refractivity contribution is 9.10. The summed E-state index contributed by atoms with van der Waals surface area (Å²) in [5.41, 5.74) is 2.80. The van der Waals surface area contributed by atoms with Gasteiger partial charge < -0.3 is 19.5 Å². The van der Waals surface area contributed by atoms with Crippen LogP contribution in [0, 0.1) is 0 Å². The maximum Gasteiger partial charge on any atom is 0.338 e. The molecule has 3 aromatic carbocycles. The summed E-state index contributed by atoms with van der Waals surface area (Å²) in [6.07, 6.45) is 2.91. The molecule has 7 heteroatoms. The molecule has 0 heterocycles. The number of rotatable bonds is 9. The molecule has 0 aliphatic rings. The van der Waals surface area contributed by atoms with Gasteiger partial charge in [-0.15, -0.1) is 0 Å². The fourth-order valence-corrected chi connectivity index (χ4v) is 3.61. The summed E-state index contributed by atoms with van der Waals surface area (Å²) in [6, 6.07) is 20.0. The Morgan fingerprint density at radius 1 is 1.03 bits per heavy atom. The third-order valence-corrected chi connectivity index (χ3v) is 5.22. The maximum atomic E-state index is 12.4. The van der Waals surface area contributed by atoms with Gasteiger partial charge in [-0.2, -0.15) is 0 Å². The van der Waals surface area contributed by atoms with E-state index in [1.165, 1.54) is 6.08 Å². The van der Waals surface area contributed by atoms with E-state index in [1.807, 2.05) is 36.4 Å². The zero-order chi connectivity index (χ0) is 24.5. The second-order valence-corrected chi connectivity index (χ2v) is 8.52. The van der Waals surface area contributed by atoms with Crippen LogP contribution in [-0.2, 0) is 16.1 Å². The molecule has 0 aromatic heterocycles. The molecule has 0 saturated heterocycles. The standard InChI is InChI=1S/C27H26BrNO5/c1-18(2)34-27(31)21-10-12-22(13-11-21)29-25(30)14-9-20-15-23(28)26(24(16-20)32-3)33-17-19-7-5-4-6-8-19/h4-16,18H,17H2,1-3H3,(H,29,30). The molecule has 176 valence electrons. The number of benzene rings is 3. The molecule has 3 aromatic rings. The lowest BCUT2D eigenvalue weighted by Crippen LogP contribution is -2.12. The number of hydrogen-bond donors (Lipinski definition) is 1. The van der Waals surface area contributed by atoms with Crippen molar-refractivity contribution >= 4 is 39.6 Å². The van der Waals surface area contributed by atoms with E-state index in [1.54, 1.807) is 57.4 Å². The largest absolute Gasteiger partial charge is 0.493 e. The molecule has 0 bridgehead atoms. The van der Waals surface area contributed by atoms with Crippen LogP contribution in [0.5, 0.6) is 11.5 Å². The molecular weight excluding hydrogens is 498 g/mol. The molecule has 0 aliphatic carbocycles. The van der Waals surface area contributed by atoms with E-state index in [0.717, 1.165) is 11.1 Å². The molecule has 1 N–H and O–H groups in total. The van der Waals surface area contributed by atoms with Crippen molar-refractivity contribution in [1.82, 2.24) is 0 Å². The minimum atomic E-state index is -0.400. The Hall–Kier alpha value is -3.58. The van der Waals surface area contributed by atoms with Gasteiger partial charge in [0.1, 0.15) is 6.61 Å². The Bertz CT molecular complexity index is 1160. The molecule has 34 heavy (non-hydrogen) atoms. The molecule has 0 atom stereocenters. The quantitative estimate of drug-likeness (QED) is 0.265. The van der Waals surface area contributed by atoms with Crippen molar-refractivity contribution in [3.05, 3.63) is 94.0 Å². The van der Waals surface area contributed by atoms with Gasteiger partial charge in [-0.05, 0) is 83.4 Å². The van der Waals surface area contributed by atoms with Gasteiger partial charge >= 0.3 is 5.97 Å². The highest BCUT2D eigenvalue weighted by Gasteiger charge is 2.12. The normalized spacial score (nSPS) is 10.9. The zero-order valence-corrected chi connectivity index (χ0v) is 20.8. The van der Waals surface area contributed by atoms with E-state index < -0.39 is 5.97 Å². The number of anilines is 1. The maximum absolute atomic E-state index is 12.4. The van der Waals surface area contributed by atoms with Gasteiger partial charge in [-0.3, -0.25) is 4.79 Å². The first-order chi connectivity index (χ1) is 16.4. The van der Waals surface area contributed by atoms with Gasteiger partial charge in [-0.1, -0.05) is 30.3 Å². The molecule has 0 fully saturated rings. The fourth-order valence-electron chi connectivity index (χ4n) is 3.03. The van der Waals surface area contributed by atoms with Crippen molar-refractivity contribution in [3.8, 4) is 11.5 Å². The third-order valence-electron chi connectivity index (χ3n) is 4.64. The predicted octanol–water partition coefficient (Wildman–Crippen LogP) is 6.25. The van der Waals surface area contributed by atoms with Crippen molar-refractivity contribution in [3.63, 3.8) is 0 Å². The van der Waals surface area contributed by atoms with Gasteiger partial charge in [0.05, 0.1) is 23.2 Å². The first kappa shape index (κ1) is 25.1. The number of carbonyl (C=O) groups excluding carboxylic acids is 2. The monoisotopic (exact) mass is 523 g/mol. The predicted molar refractivity (Wildman–Crippen MR) is 136 cm³/mol. The molecule has 0 unspecified atom stereocenters. The number of carbonyl (C=O) groups is 2. The van der Waals surface area contributed by atoms with E-state index in [2.05, 4.69) is 21.2 Å². The second-order valence-electron chi connectivity index (χ2n) is 7.66. The Morgan fingerprint density at radius 3 is 2.38 bits per heavy atom. The van der Waals surface area contributed by atoms with Crippen LogP contribution in [0.4, 0.5) is 5.69 Å². The van der Waals surface area contributed by atoms with Crippen LogP contribution in [0.1, 0.15) is 35.3 Å². The molecular formula is C27H26BrNO5. The number of halogens is 1. The average molecular weight is 524 g/mol. The van der Waals surface area contributed by atoms with Crippen molar-refractivity contribution in [1.29, 1.82) is 0 Å². The minimum absolute atomic E-state index is 0.194. The van der Waals surface area contributed by atoms with E-state index in [9.17, 15) is 9.59 Å². The lowest BCUT2D eigenvalue weighted by Gasteiger charge is -2.13. The summed E-state index contributed by atoms with van der Waals surface area (Å²) < 4.78 is 17.3. The van der Waals surface area contributed by atoms with Crippen molar-refractivity contribution in [2.75, 3.05) is 12.4 Å². The number of methoxy groups -OCH3 is 1. The van der Waals surface area contributed by atoms with Gasteiger partial charge in [0.2, 0.25) is 5.91 Å². The van der Waals surface area contributed by atoms with Crippen LogP contribution in [-0.4, -0.2) is 25.1 Å². The summed E-state index contributed by atoms with van der Waals surface area (Å²) in [4.78, 5) is 24.3. The fraction of sp³-hybridized carbons (Fsp3) is 0.185. The zero-order valence-electron chi connectivity index (χ0n) is 19.2. The third kappa shape index (κ3) is 7.22. The van der Waals surface area contributed by atoms with Crippen LogP contribution >= 0.6 is 15.9 Å². The van der Waals surface area contributed by atoms with E-state index in [0.29, 0.717) is 33.8 Å². The number of ether oxygens (including phenoxy) is 3. The van der Waals surface area contributed by atoms with E-state index >= 15 is 0 Å². The first-order valence-electron chi connectivity index (χ1n) is 10.7. The number of amides is 1.